The Labute approximate surface area is 169 Å². The quantitative estimate of drug-likeness (QED) is 0.797. The summed E-state index contributed by atoms with van der Waals surface area (Å²) in [6.07, 6.45) is 0.879. The van der Waals surface area contributed by atoms with E-state index in [1.54, 1.807) is 32.4 Å². The third-order valence-electron chi connectivity index (χ3n) is 5.03. The van der Waals surface area contributed by atoms with Crippen molar-refractivity contribution in [3.05, 3.63) is 51.5 Å². The lowest BCUT2D eigenvalue weighted by atomic mass is 9.97. The predicted octanol–water partition coefficient (Wildman–Crippen LogP) is 2.98. The molecule has 2 aromatic carbocycles. The number of quaternary nitrogens is 1. The van der Waals surface area contributed by atoms with Gasteiger partial charge in [-0.3, -0.25) is 4.79 Å². The highest BCUT2D eigenvalue weighted by molar-refractivity contribution is 6.36. The van der Waals surface area contributed by atoms with Crippen molar-refractivity contribution in [2.45, 2.75) is 25.9 Å². The Bertz CT molecular complexity index is 857. The number of ether oxygens (including phenoxy) is 2. The molecule has 2 atom stereocenters. The van der Waals surface area contributed by atoms with Crippen LogP contribution in [-0.4, -0.2) is 32.7 Å². The van der Waals surface area contributed by atoms with E-state index in [2.05, 4.69) is 5.32 Å². The number of benzene rings is 2. The highest BCUT2D eigenvalue weighted by atomic mass is 35.5. The molecule has 0 aromatic heterocycles. The summed E-state index contributed by atoms with van der Waals surface area (Å²) in [5.74, 6) is 1.38. The van der Waals surface area contributed by atoms with Gasteiger partial charge in [-0.25, -0.2) is 0 Å². The van der Waals surface area contributed by atoms with Gasteiger partial charge >= 0.3 is 0 Å². The molecule has 2 N–H and O–H groups in total. The monoisotopic (exact) mass is 409 g/mol. The van der Waals surface area contributed by atoms with Gasteiger partial charge in [0.15, 0.2) is 17.5 Å². The van der Waals surface area contributed by atoms with E-state index >= 15 is 0 Å². The van der Waals surface area contributed by atoms with E-state index in [-0.39, 0.29) is 11.9 Å². The normalized spacial score (nSPS) is 17.0. The van der Waals surface area contributed by atoms with Crippen molar-refractivity contribution in [3.63, 3.8) is 0 Å². The van der Waals surface area contributed by atoms with Gasteiger partial charge in [0.2, 0.25) is 0 Å². The fraction of sp³-hybridized carbons (Fsp3) is 0.350. The Morgan fingerprint density at radius 1 is 1.11 bits per heavy atom. The van der Waals surface area contributed by atoms with Crippen LogP contribution in [0.3, 0.4) is 0 Å². The van der Waals surface area contributed by atoms with Crippen molar-refractivity contribution in [3.8, 4) is 11.5 Å². The van der Waals surface area contributed by atoms with Crippen LogP contribution in [0.1, 0.15) is 18.1 Å². The van der Waals surface area contributed by atoms with E-state index in [0.29, 0.717) is 21.5 Å². The first-order chi connectivity index (χ1) is 12.9. The molecule has 144 valence electrons. The number of fused-ring (bicyclic) bond motifs is 1. The van der Waals surface area contributed by atoms with Gasteiger partial charge in [-0.15, -0.1) is 0 Å². The number of nitrogens with one attached hydrogen (secondary N) is 2. The van der Waals surface area contributed by atoms with Crippen molar-refractivity contribution < 1.29 is 19.2 Å². The number of carbonyl (C=O) groups is 1. The van der Waals surface area contributed by atoms with Gasteiger partial charge < -0.3 is 19.7 Å². The predicted molar refractivity (Wildman–Crippen MR) is 107 cm³/mol. The molecule has 27 heavy (non-hydrogen) atoms. The van der Waals surface area contributed by atoms with E-state index in [1.165, 1.54) is 16.0 Å². The van der Waals surface area contributed by atoms with Gasteiger partial charge in [0, 0.05) is 17.0 Å². The SMILES string of the molecule is COc1cc2c(cc1OC)C[NH+]([C@@H](C)C(=O)Nc1ccc(Cl)cc1Cl)CC2. The molecule has 1 unspecified atom stereocenters. The molecule has 2 aromatic rings. The van der Waals surface area contributed by atoms with Crippen LogP contribution in [0.5, 0.6) is 11.5 Å². The minimum atomic E-state index is -0.224. The minimum Gasteiger partial charge on any atom is -0.493 e. The number of carbonyl (C=O) groups excluding carboxylic acids is 1. The third-order valence-corrected chi connectivity index (χ3v) is 5.58. The standard InChI is InChI=1S/C20H22Cl2N2O3/c1-12(20(25)23-17-5-4-15(21)10-16(17)22)24-7-6-13-8-18(26-2)19(27-3)9-14(13)11-24/h4-5,8-10,12H,6-7,11H2,1-3H3,(H,23,25)/p+1/t12-/m0/s1. The van der Waals surface area contributed by atoms with Crippen LogP contribution in [0, 0.1) is 0 Å². The van der Waals surface area contributed by atoms with Crippen molar-refractivity contribution >= 4 is 34.8 Å². The lowest BCUT2D eigenvalue weighted by Gasteiger charge is -2.30. The number of hydrogen-bond donors (Lipinski definition) is 2. The highest BCUT2D eigenvalue weighted by Gasteiger charge is 2.30. The van der Waals surface area contributed by atoms with Gasteiger partial charge in [0.05, 0.1) is 31.5 Å². The van der Waals surface area contributed by atoms with Crippen LogP contribution >= 0.6 is 23.2 Å². The Kier molecular flexibility index (Phi) is 6.15. The zero-order chi connectivity index (χ0) is 19.6. The Balaban J connectivity index is 1.73. The van der Waals surface area contributed by atoms with E-state index < -0.39 is 0 Å². The summed E-state index contributed by atoms with van der Waals surface area (Å²) in [6.45, 7) is 3.55. The van der Waals surface area contributed by atoms with E-state index in [9.17, 15) is 4.79 Å². The second kappa shape index (κ2) is 8.38. The lowest BCUT2D eigenvalue weighted by molar-refractivity contribution is -0.929. The molecular weight excluding hydrogens is 387 g/mol. The summed E-state index contributed by atoms with van der Waals surface area (Å²) in [7, 11) is 3.27. The zero-order valence-electron chi connectivity index (χ0n) is 15.6. The molecule has 1 aliphatic heterocycles. The summed E-state index contributed by atoms with van der Waals surface area (Å²) in [4.78, 5) is 13.9. The average Bonchev–Trinajstić information content (AvgIpc) is 2.67. The molecule has 1 heterocycles. The van der Waals surface area contributed by atoms with Gasteiger partial charge in [0.1, 0.15) is 6.54 Å². The maximum absolute atomic E-state index is 12.7. The second-order valence-corrected chi connectivity index (χ2v) is 7.49. The molecule has 5 nitrogen and oxygen atoms in total. The van der Waals surface area contributed by atoms with E-state index in [1.807, 2.05) is 19.1 Å². The third kappa shape index (κ3) is 4.32. The first-order valence-electron chi connectivity index (χ1n) is 8.77. The summed E-state index contributed by atoms with van der Waals surface area (Å²) in [6, 6.07) is 8.85. The number of amides is 1. The van der Waals surface area contributed by atoms with Crippen molar-refractivity contribution in [1.29, 1.82) is 0 Å². The van der Waals surface area contributed by atoms with Crippen LogP contribution < -0.4 is 19.7 Å². The number of anilines is 1. The van der Waals surface area contributed by atoms with Gasteiger partial charge in [-0.2, -0.15) is 0 Å². The van der Waals surface area contributed by atoms with Crippen molar-refractivity contribution in [2.24, 2.45) is 0 Å². The number of rotatable bonds is 5. The number of hydrogen-bond acceptors (Lipinski definition) is 3. The number of halogens is 2. The fourth-order valence-corrected chi connectivity index (χ4v) is 3.83. The van der Waals surface area contributed by atoms with Crippen LogP contribution in [0.2, 0.25) is 10.0 Å². The van der Waals surface area contributed by atoms with E-state index in [4.69, 9.17) is 32.7 Å². The zero-order valence-corrected chi connectivity index (χ0v) is 17.1. The first kappa shape index (κ1) is 19.8. The molecule has 0 radical (unpaired) electrons. The summed E-state index contributed by atoms with van der Waals surface area (Å²) < 4.78 is 10.8. The van der Waals surface area contributed by atoms with Crippen LogP contribution in [0.15, 0.2) is 30.3 Å². The molecule has 1 aliphatic rings. The van der Waals surface area contributed by atoms with Crippen LogP contribution in [0.4, 0.5) is 5.69 Å². The minimum absolute atomic E-state index is 0.0712. The topological polar surface area (TPSA) is 52.0 Å². The molecule has 1 amide bonds. The molecule has 0 fully saturated rings. The molecule has 0 aliphatic carbocycles. The molecule has 0 bridgehead atoms. The lowest BCUT2D eigenvalue weighted by Crippen LogP contribution is -3.16. The molecule has 3 rings (SSSR count). The molecule has 7 heteroatoms. The smallest absolute Gasteiger partial charge is 0.282 e. The number of methoxy groups -OCH3 is 2. The van der Waals surface area contributed by atoms with Crippen LogP contribution in [-0.2, 0) is 17.8 Å². The molecule has 0 saturated heterocycles. The first-order valence-corrected chi connectivity index (χ1v) is 9.52. The Morgan fingerprint density at radius 2 is 1.78 bits per heavy atom. The Hall–Kier alpha value is -1.95. The van der Waals surface area contributed by atoms with Crippen molar-refractivity contribution in [1.82, 2.24) is 0 Å². The summed E-state index contributed by atoms with van der Waals surface area (Å²) >= 11 is 12.1. The molecule has 0 spiro atoms. The maximum atomic E-state index is 12.7. The van der Waals surface area contributed by atoms with Gasteiger partial charge in [0.25, 0.3) is 5.91 Å². The van der Waals surface area contributed by atoms with Crippen LogP contribution in [0.25, 0.3) is 0 Å². The van der Waals surface area contributed by atoms with Crippen molar-refractivity contribution in [2.75, 3.05) is 26.1 Å². The highest BCUT2D eigenvalue weighted by Crippen LogP contribution is 2.31. The van der Waals surface area contributed by atoms with Gasteiger partial charge in [-0.1, -0.05) is 23.2 Å². The Morgan fingerprint density at radius 3 is 2.41 bits per heavy atom. The fourth-order valence-electron chi connectivity index (χ4n) is 3.38. The molecule has 0 saturated carbocycles. The molecular formula is C20H23Cl2N2O3+. The summed E-state index contributed by atoms with van der Waals surface area (Å²) in [5.41, 5.74) is 2.99. The average molecular weight is 410 g/mol. The largest absolute Gasteiger partial charge is 0.493 e. The maximum Gasteiger partial charge on any atom is 0.282 e. The summed E-state index contributed by atoms with van der Waals surface area (Å²) in [5, 5.41) is 3.87. The van der Waals surface area contributed by atoms with E-state index in [0.717, 1.165) is 25.3 Å². The second-order valence-electron chi connectivity index (χ2n) is 6.65. The van der Waals surface area contributed by atoms with Gasteiger partial charge in [-0.05, 0) is 42.8 Å².